The number of thiophene rings is 1. The van der Waals surface area contributed by atoms with Gasteiger partial charge in [0.2, 0.25) is 11.7 Å². The van der Waals surface area contributed by atoms with Crippen molar-refractivity contribution in [3.8, 4) is 27.6 Å². The molecule has 5 rings (SSSR count). The molecular weight excluding hydrogens is 468 g/mol. The van der Waals surface area contributed by atoms with E-state index in [2.05, 4.69) is 25.7 Å². The highest BCUT2D eigenvalue weighted by molar-refractivity contribution is 7.14. The highest BCUT2D eigenvalue weighted by Gasteiger charge is 2.20. The predicted molar refractivity (Wildman–Crippen MR) is 134 cm³/mol. The molecule has 0 radical (unpaired) electrons. The molecule has 5 aromatic rings. The van der Waals surface area contributed by atoms with E-state index < -0.39 is 5.91 Å². The number of para-hydroxylation sites is 1. The van der Waals surface area contributed by atoms with E-state index >= 15 is 0 Å². The third kappa shape index (κ3) is 4.63. The normalized spacial score (nSPS) is 10.7. The van der Waals surface area contributed by atoms with Crippen LogP contribution in [-0.2, 0) is 4.79 Å². The average molecular weight is 487 g/mol. The van der Waals surface area contributed by atoms with Crippen molar-refractivity contribution in [1.82, 2.24) is 19.7 Å². The molecule has 0 saturated heterocycles. The van der Waals surface area contributed by atoms with Crippen molar-refractivity contribution in [2.45, 2.75) is 6.92 Å². The molecule has 0 bridgehead atoms. The molecule has 8 nitrogen and oxygen atoms in total. The number of hydrogen-bond acceptors (Lipinski definition) is 7. The lowest BCUT2D eigenvalue weighted by Gasteiger charge is -2.03. The monoisotopic (exact) mass is 486 g/mol. The van der Waals surface area contributed by atoms with Gasteiger partial charge in [0, 0.05) is 23.6 Å². The molecule has 0 spiro atoms. The lowest BCUT2D eigenvalue weighted by molar-refractivity contribution is -0.114. The molecule has 3 aromatic heterocycles. The quantitative estimate of drug-likeness (QED) is 0.338. The Morgan fingerprint density at radius 3 is 2.38 bits per heavy atom. The molecule has 0 aliphatic rings. The number of carbonyl (C=O) groups excluding carboxylic acids is 2. The van der Waals surface area contributed by atoms with E-state index in [1.807, 2.05) is 65.4 Å². The number of aromatic nitrogens is 4. The summed E-state index contributed by atoms with van der Waals surface area (Å²) in [6.45, 7) is 1.46. The lowest BCUT2D eigenvalue weighted by atomic mass is 10.1. The van der Waals surface area contributed by atoms with Crippen LogP contribution in [0.4, 0.5) is 10.8 Å². The molecule has 0 aliphatic carbocycles. The fourth-order valence-electron chi connectivity index (χ4n) is 3.27. The summed E-state index contributed by atoms with van der Waals surface area (Å²) in [5.74, 6) is 0.0976. The van der Waals surface area contributed by atoms with E-state index in [1.165, 1.54) is 29.6 Å². The molecule has 2 N–H and O–H groups in total. The number of carbonyl (C=O) groups is 2. The van der Waals surface area contributed by atoms with Crippen molar-refractivity contribution in [2.75, 3.05) is 10.6 Å². The largest absolute Gasteiger partial charge is 0.326 e. The molecule has 0 unspecified atom stereocenters. The Hall–Kier alpha value is -4.15. The first-order valence-corrected chi connectivity index (χ1v) is 12.0. The SMILES string of the molecule is CC(=O)Nc1ccc(-c2csc(NC(=O)c3nc(-c4cccs4)n(-c4ccccc4)n3)n2)cc1. The molecule has 2 aromatic carbocycles. The van der Waals surface area contributed by atoms with Crippen molar-refractivity contribution in [3.05, 3.63) is 83.3 Å². The van der Waals surface area contributed by atoms with Crippen molar-refractivity contribution in [2.24, 2.45) is 0 Å². The minimum absolute atomic E-state index is 0.0589. The van der Waals surface area contributed by atoms with Crippen LogP contribution in [0.5, 0.6) is 0 Å². The number of benzene rings is 2. The minimum Gasteiger partial charge on any atom is -0.326 e. The molecule has 0 atom stereocenters. The van der Waals surface area contributed by atoms with Gasteiger partial charge < -0.3 is 5.32 Å². The molecule has 0 aliphatic heterocycles. The number of hydrogen-bond donors (Lipinski definition) is 2. The van der Waals surface area contributed by atoms with Gasteiger partial charge in [-0.05, 0) is 35.7 Å². The number of nitrogens with zero attached hydrogens (tertiary/aromatic N) is 4. The highest BCUT2D eigenvalue weighted by atomic mass is 32.1. The number of anilines is 2. The third-order valence-electron chi connectivity index (χ3n) is 4.78. The summed E-state index contributed by atoms with van der Waals surface area (Å²) in [4.78, 5) is 34.1. The van der Waals surface area contributed by atoms with E-state index in [0.29, 0.717) is 16.6 Å². The second-order valence-corrected chi connectivity index (χ2v) is 9.04. The van der Waals surface area contributed by atoms with Crippen LogP contribution in [0.25, 0.3) is 27.6 Å². The summed E-state index contributed by atoms with van der Waals surface area (Å²) in [5, 5.41) is 14.3. The van der Waals surface area contributed by atoms with Gasteiger partial charge in [-0.2, -0.15) is 0 Å². The molecular formula is C24H18N6O2S2. The van der Waals surface area contributed by atoms with Crippen molar-refractivity contribution in [3.63, 3.8) is 0 Å². The predicted octanol–water partition coefficient (Wildman–Crippen LogP) is 5.33. The molecule has 2 amide bonds. The van der Waals surface area contributed by atoms with Crippen molar-refractivity contribution in [1.29, 1.82) is 0 Å². The van der Waals surface area contributed by atoms with Crippen LogP contribution < -0.4 is 10.6 Å². The Morgan fingerprint density at radius 2 is 1.68 bits per heavy atom. The molecule has 3 heterocycles. The van der Waals surface area contributed by atoms with Gasteiger partial charge >= 0.3 is 0 Å². The fraction of sp³-hybridized carbons (Fsp3) is 0.0417. The van der Waals surface area contributed by atoms with E-state index in [-0.39, 0.29) is 11.7 Å². The van der Waals surface area contributed by atoms with Crippen LogP contribution in [0.15, 0.2) is 77.5 Å². The summed E-state index contributed by atoms with van der Waals surface area (Å²) in [5.41, 5.74) is 3.12. The zero-order valence-corrected chi connectivity index (χ0v) is 19.6. The molecule has 34 heavy (non-hydrogen) atoms. The molecule has 0 fully saturated rings. The second-order valence-electron chi connectivity index (χ2n) is 7.23. The number of nitrogens with one attached hydrogen (secondary N) is 2. The second kappa shape index (κ2) is 9.38. The zero-order chi connectivity index (χ0) is 23.5. The van der Waals surface area contributed by atoms with Crippen LogP contribution >= 0.6 is 22.7 Å². The minimum atomic E-state index is -0.436. The van der Waals surface area contributed by atoms with E-state index in [4.69, 9.17) is 0 Å². The van der Waals surface area contributed by atoms with Gasteiger partial charge in [0.1, 0.15) is 0 Å². The van der Waals surface area contributed by atoms with Crippen LogP contribution in [0.2, 0.25) is 0 Å². The lowest BCUT2D eigenvalue weighted by Crippen LogP contribution is -2.14. The Kier molecular flexibility index (Phi) is 5.98. The Balaban J connectivity index is 1.37. The van der Waals surface area contributed by atoms with E-state index in [9.17, 15) is 9.59 Å². The number of thiazole rings is 1. The summed E-state index contributed by atoms with van der Waals surface area (Å²) >= 11 is 2.84. The van der Waals surface area contributed by atoms with Crippen LogP contribution in [0.3, 0.4) is 0 Å². The Bertz CT molecular complexity index is 1440. The van der Waals surface area contributed by atoms with E-state index in [0.717, 1.165) is 21.8 Å². The standard InChI is InChI=1S/C24H18N6O2S2/c1-15(31)25-17-11-9-16(10-12-17)19-14-34-24(26-19)28-23(32)21-27-22(20-8-5-13-33-20)30(29-21)18-6-3-2-4-7-18/h2-14H,1H3,(H,25,31)(H,26,28,32). The van der Waals surface area contributed by atoms with Gasteiger partial charge in [0.15, 0.2) is 11.0 Å². The Labute approximate surface area is 203 Å². The first-order chi connectivity index (χ1) is 16.6. The van der Waals surface area contributed by atoms with Gasteiger partial charge in [-0.15, -0.1) is 27.8 Å². The number of rotatable bonds is 6. The summed E-state index contributed by atoms with van der Waals surface area (Å²) < 4.78 is 1.67. The maximum atomic E-state index is 13.0. The first-order valence-electron chi connectivity index (χ1n) is 10.3. The van der Waals surface area contributed by atoms with Crippen molar-refractivity contribution < 1.29 is 9.59 Å². The number of amides is 2. The summed E-state index contributed by atoms with van der Waals surface area (Å²) in [6.07, 6.45) is 0. The average Bonchev–Trinajstić information content (AvgIpc) is 3.60. The van der Waals surface area contributed by atoms with Gasteiger partial charge in [-0.25, -0.2) is 14.6 Å². The van der Waals surface area contributed by atoms with Gasteiger partial charge in [0.05, 0.1) is 16.3 Å². The van der Waals surface area contributed by atoms with Gasteiger partial charge in [-0.1, -0.05) is 36.4 Å². The van der Waals surface area contributed by atoms with Crippen LogP contribution in [0, 0.1) is 0 Å². The molecule has 168 valence electrons. The van der Waals surface area contributed by atoms with Gasteiger partial charge in [0.25, 0.3) is 5.91 Å². The highest BCUT2D eigenvalue weighted by Crippen LogP contribution is 2.28. The smallest absolute Gasteiger partial charge is 0.297 e. The maximum absolute atomic E-state index is 13.0. The summed E-state index contributed by atoms with van der Waals surface area (Å²) in [6, 6.07) is 20.8. The first kappa shape index (κ1) is 21.7. The van der Waals surface area contributed by atoms with Crippen molar-refractivity contribution >= 4 is 45.3 Å². The van der Waals surface area contributed by atoms with Crippen LogP contribution in [-0.4, -0.2) is 31.6 Å². The van der Waals surface area contributed by atoms with Gasteiger partial charge in [-0.3, -0.25) is 14.9 Å². The topological polar surface area (TPSA) is 102 Å². The third-order valence-corrected chi connectivity index (χ3v) is 6.40. The van der Waals surface area contributed by atoms with Crippen LogP contribution in [0.1, 0.15) is 17.5 Å². The Morgan fingerprint density at radius 1 is 0.882 bits per heavy atom. The zero-order valence-electron chi connectivity index (χ0n) is 17.9. The molecule has 10 heteroatoms. The summed E-state index contributed by atoms with van der Waals surface area (Å²) in [7, 11) is 0. The maximum Gasteiger partial charge on any atom is 0.297 e. The van der Waals surface area contributed by atoms with E-state index in [1.54, 1.807) is 16.8 Å². The molecule has 0 saturated carbocycles. The fourth-order valence-corrected chi connectivity index (χ4v) is 4.68.